The van der Waals surface area contributed by atoms with Gasteiger partial charge in [-0.1, -0.05) is 33.8 Å². The van der Waals surface area contributed by atoms with Gasteiger partial charge in [-0.05, 0) is 125 Å². The number of nitrogens with one attached hydrogen (secondary N) is 1. The van der Waals surface area contributed by atoms with Crippen LogP contribution in [0.4, 0.5) is 0 Å². The number of esters is 2. The third-order valence-electron chi connectivity index (χ3n) is 20.1. The van der Waals surface area contributed by atoms with Crippen molar-refractivity contribution in [3.63, 3.8) is 0 Å². The molecular weight excluding hydrogens is 821 g/mol. The molecule has 64 heavy (non-hydrogen) atoms. The summed E-state index contributed by atoms with van der Waals surface area (Å²) < 4.78 is 33.2. The van der Waals surface area contributed by atoms with Crippen LogP contribution in [0.25, 0.3) is 0 Å². The number of aliphatic hydroxyl groups excluding tert-OH is 4. The van der Waals surface area contributed by atoms with Crippen LogP contribution in [0.1, 0.15) is 116 Å². The number of allylic oxidation sites excluding steroid dienone is 1. The zero-order chi connectivity index (χ0) is 44.9. The summed E-state index contributed by atoms with van der Waals surface area (Å²) in [4.78, 5) is 46.6. The molecule has 352 valence electrons. The van der Waals surface area contributed by atoms with Crippen LogP contribution in [-0.2, 0) is 39.8 Å². The smallest absolute Gasteiger partial charge is 0.339 e. The van der Waals surface area contributed by atoms with Crippen molar-refractivity contribution in [2.75, 3.05) is 33.0 Å². The number of epoxide rings is 1. The molecule has 0 bridgehead atoms. The van der Waals surface area contributed by atoms with Gasteiger partial charge in [-0.2, -0.15) is 0 Å². The summed E-state index contributed by atoms with van der Waals surface area (Å²) in [5.41, 5.74) is -6.01. The highest BCUT2D eigenvalue weighted by Crippen LogP contribution is 2.81. The standard InChI is InChI=1S/C50H70N2O12/c1-26(2)8-14-46(4)38-37(56)39(57)47(5)36(49(38)24-61-44(59)48(43(49)64-46)15-9-27(20-48)22-53)10-13-45(3)40(62-42(58)41-50(45,47)63-41)31-12-17-60-35(31)19-32(34(55)23-54)28-6-7-30-29(18-28)11-16-52-25-51-21-33(30)52/h11-12,16-17,26-30,32-34,36,38-41,43,51,53-55,57H,6-10,13-15,18-25H2,1-5H3. The normalized spacial score (nSPS) is 49.6. The van der Waals surface area contributed by atoms with Crippen LogP contribution in [0.15, 0.2) is 29.0 Å². The summed E-state index contributed by atoms with van der Waals surface area (Å²) in [6.07, 6.45) is 8.06. The summed E-state index contributed by atoms with van der Waals surface area (Å²) in [7, 11) is 0. The molecule has 5 N–H and O–H groups in total. The van der Waals surface area contributed by atoms with Crippen molar-refractivity contribution >= 4 is 17.7 Å². The molecule has 6 aliphatic heterocycles. The van der Waals surface area contributed by atoms with Gasteiger partial charge < -0.3 is 48.7 Å². The van der Waals surface area contributed by atoms with Crippen LogP contribution in [-0.4, -0.2) is 118 Å². The molecule has 4 saturated carbocycles. The molecule has 10 aliphatic rings. The fourth-order valence-corrected chi connectivity index (χ4v) is 17.1. The third-order valence-corrected chi connectivity index (χ3v) is 20.1. The zero-order valence-electron chi connectivity index (χ0n) is 38.2. The molecule has 1 aromatic heterocycles. The molecule has 14 nitrogen and oxygen atoms in total. The number of Topliss-reactive ketones (excluding diaryl/α,β-unsaturated/α-hetero) is 1. The van der Waals surface area contributed by atoms with Crippen LogP contribution in [0.3, 0.4) is 0 Å². The van der Waals surface area contributed by atoms with Crippen molar-refractivity contribution in [1.82, 2.24) is 10.2 Å². The SMILES string of the molecule is CC(C)CCC1(C)OC2C3(CCC(CO)C3)C(=O)OCC23C1C(=O)C(O)C1(C)C3CCC2(C)C(c3ccoc3CC(C(O)CO)C3CCC4C(C=CN5CNCC45)C3)OC(=O)C3OC321. The maximum Gasteiger partial charge on any atom is 0.339 e. The molecule has 9 fully saturated rings. The number of rotatable bonds is 10. The molecule has 11 rings (SSSR count). The Morgan fingerprint density at radius 1 is 1.02 bits per heavy atom. The number of nitrogens with zero attached hydrogens (tertiary/aromatic N) is 1. The van der Waals surface area contributed by atoms with Crippen LogP contribution < -0.4 is 5.32 Å². The van der Waals surface area contributed by atoms with Crippen LogP contribution in [0.5, 0.6) is 0 Å². The first-order valence-corrected chi connectivity index (χ1v) is 24.6. The molecule has 3 spiro atoms. The lowest BCUT2D eigenvalue weighted by atomic mass is 9.35. The molecular formula is C50H70N2O12. The van der Waals surface area contributed by atoms with E-state index in [0.717, 1.165) is 38.9 Å². The van der Waals surface area contributed by atoms with Gasteiger partial charge in [-0.25, -0.2) is 4.79 Å². The summed E-state index contributed by atoms with van der Waals surface area (Å²) in [5, 5.41) is 48.7. The van der Waals surface area contributed by atoms with Gasteiger partial charge in [0.1, 0.15) is 30.2 Å². The fraction of sp³-hybridized carbons (Fsp3) is 0.820. The molecule has 7 heterocycles. The highest BCUT2D eigenvalue weighted by Gasteiger charge is 2.92. The third kappa shape index (κ3) is 5.53. The van der Waals surface area contributed by atoms with E-state index in [9.17, 15) is 30.0 Å². The topological polar surface area (TPSA) is 201 Å². The molecule has 5 saturated heterocycles. The lowest BCUT2D eigenvalue weighted by molar-refractivity contribution is -0.264. The van der Waals surface area contributed by atoms with E-state index in [-0.39, 0.29) is 49.3 Å². The number of aliphatic hydroxyl groups is 4. The number of cyclic esters (lactones) is 2. The van der Waals surface area contributed by atoms with Crippen LogP contribution in [0, 0.1) is 69.0 Å². The molecule has 0 aromatic carbocycles. The number of hydrogen-bond donors (Lipinski definition) is 5. The van der Waals surface area contributed by atoms with Crippen molar-refractivity contribution < 1.29 is 58.2 Å². The largest absolute Gasteiger partial charge is 0.469 e. The number of hydrogen-bond acceptors (Lipinski definition) is 14. The maximum absolute atomic E-state index is 15.5. The van der Waals surface area contributed by atoms with Gasteiger partial charge >= 0.3 is 11.9 Å². The lowest BCUT2D eigenvalue weighted by Gasteiger charge is -2.67. The Labute approximate surface area is 376 Å². The van der Waals surface area contributed by atoms with E-state index < -0.39 is 81.2 Å². The average molecular weight is 891 g/mol. The molecule has 1 aromatic rings. The molecule has 0 amide bonds. The second-order valence-corrected chi connectivity index (χ2v) is 23.3. The highest BCUT2D eigenvalue weighted by atomic mass is 16.7. The Hall–Kier alpha value is -2.85. The number of carbonyl (C=O) groups excluding carboxylic acids is 3. The van der Waals surface area contributed by atoms with E-state index in [1.54, 1.807) is 6.26 Å². The van der Waals surface area contributed by atoms with E-state index in [1.807, 2.05) is 19.9 Å². The Morgan fingerprint density at radius 3 is 2.58 bits per heavy atom. The Bertz CT molecular complexity index is 2090. The van der Waals surface area contributed by atoms with E-state index in [1.165, 1.54) is 0 Å². The predicted molar refractivity (Wildman–Crippen MR) is 228 cm³/mol. The number of carbonyl (C=O) groups is 3. The first-order valence-electron chi connectivity index (χ1n) is 24.6. The number of fused-ring (bicyclic) bond motifs is 5. The summed E-state index contributed by atoms with van der Waals surface area (Å²) >= 11 is 0. The van der Waals surface area contributed by atoms with Crippen molar-refractivity contribution in [2.45, 2.75) is 153 Å². The van der Waals surface area contributed by atoms with Gasteiger partial charge in [0, 0.05) is 47.4 Å². The first-order chi connectivity index (χ1) is 30.5. The molecule has 0 radical (unpaired) electrons. The molecule has 4 aliphatic carbocycles. The van der Waals surface area contributed by atoms with Crippen molar-refractivity contribution in [1.29, 1.82) is 0 Å². The minimum absolute atomic E-state index is 0.0388. The average Bonchev–Trinajstić information content (AvgIpc) is 3.67. The Kier molecular flexibility index (Phi) is 10.1. The van der Waals surface area contributed by atoms with Crippen molar-refractivity contribution in [3.8, 4) is 0 Å². The van der Waals surface area contributed by atoms with Crippen molar-refractivity contribution in [3.05, 3.63) is 35.9 Å². The molecule has 14 heteroatoms. The molecule has 19 unspecified atom stereocenters. The summed E-state index contributed by atoms with van der Waals surface area (Å²) in [6.45, 7) is 11.6. The van der Waals surface area contributed by atoms with E-state index >= 15 is 4.79 Å². The van der Waals surface area contributed by atoms with Crippen molar-refractivity contribution in [2.24, 2.45) is 69.0 Å². The van der Waals surface area contributed by atoms with Gasteiger partial charge in [0.25, 0.3) is 0 Å². The molecule has 19 atom stereocenters. The van der Waals surface area contributed by atoms with Gasteiger partial charge in [-0.3, -0.25) is 14.9 Å². The highest BCUT2D eigenvalue weighted by molar-refractivity contribution is 5.92. The fourth-order valence-electron chi connectivity index (χ4n) is 17.1. The number of ketones is 1. The van der Waals surface area contributed by atoms with Gasteiger partial charge in [0.2, 0.25) is 0 Å². The Balaban J connectivity index is 0.958. The van der Waals surface area contributed by atoms with Gasteiger partial charge in [0.15, 0.2) is 11.9 Å². The van der Waals surface area contributed by atoms with E-state index in [4.69, 9.17) is 23.4 Å². The van der Waals surface area contributed by atoms with Crippen LogP contribution in [0.2, 0.25) is 0 Å². The maximum atomic E-state index is 15.5. The number of furan rings is 1. The Morgan fingerprint density at radius 2 is 1.83 bits per heavy atom. The van der Waals surface area contributed by atoms with E-state index in [2.05, 4.69) is 43.3 Å². The van der Waals surface area contributed by atoms with Gasteiger partial charge in [0.05, 0.1) is 48.7 Å². The zero-order valence-corrected chi connectivity index (χ0v) is 38.2. The summed E-state index contributed by atoms with van der Waals surface area (Å²) in [6, 6.07) is 2.31. The quantitative estimate of drug-likeness (QED) is 0.165. The minimum Gasteiger partial charge on any atom is -0.469 e. The minimum atomic E-state index is -1.52. The second kappa shape index (κ2) is 14.8. The monoisotopic (exact) mass is 890 g/mol. The second-order valence-electron chi connectivity index (χ2n) is 23.3. The lowest BCUT2D eigenvalue weighted by Crippen LogP contribution is -2.77. The first kappa shape index (κ1) is 43.7. The van der Waals surface area contributed by atoms with E-state index in [0.29, 0.717) is 80.1 Å². The van der Waals surface area contributed by atoms with Gasteiger partial charge in [-0.15, -0.1) is 0 Å². The van der Waals surface area contributed by atoms with Crippen LogP contribution >= 0.6 is 0 Å². The predicted octanol–water partition coefficient (Wildman–Crippen LogP) is 4.22. The summed E-state index contributed by atoms with van der Waals surface area (Å²) in [5.74, 6) is -0.991. The number of ether oxygens (including phenoxy) is 4.